The van der Waals surface area contributed by atoms with Crippen LogP contribution in [0.4, 0.5) is 0 Å². The van der Waals surface area contributed by atoms with Crippen molar-refractivity contribution in [3.8, 4) is 0 Å². The Balaban J connectivity index is 1.79. The van der Waals surface area contributed by atoms with Crippen molar-refractivity contribution in [3.05, 3.63) is 29.0 Å². The molecule has 17 heavy (non-hydrogen) atoms. The van der Waals surface area contributed by atoms with Crippen molar-refractivity contribution >= 4 is 11.6 Å². The van der Waals surface area contributed by atoms with Gasteiger partial charge in [0, 0.05) is 19.3 Å². The molecule has 1 aromatic heterocycles. The van der Waals surface area contributed by atoms with Crippen molar-refractivity contribution in [2.75, 3.05) is 26.7 Å². The van der Waals surface area contributed by atoms with Gasteiger partial charge in [0.05, 0.1) is 0 Å². The highest BCUT2D eigenvalue weighted by Crippen LogP contribution is 2.13. The summed E-state index contributed by atoms with van der Waals surface area (Å²) in [6, 6.07) is 3.90. The van der Waals surface area contributed by atoms with Crippen LogP contribution in [0, 0.1) is 5.92 Å². The lowest BCUT2D eigenvalue weighted by Crippen LogP contribution is -2.36. The summed E-state index contributed by atoms with van der Waals surface area (Å²) in [4.78, 5) is 6.47. The zero-order valence-corrected chi connectivity index (χ0v) is 11.1. The van der Waals surface area contributed by atoms with E-state index in [9.17, 15) is 0 Å². The quantitative estimate of drug-likeness (QED) is 0.834. The Labute approximate surface area is 108 Å². The van der Waals surface area contributed by atoms with Crippen molar-refractivity contribution in [2.24, 2.45) is 5.92 Å². The fourth-order valence-corrected chi connectivity index (χ4v) is 2.51. The maximum Gasteiger partial charge on any atom is 0.129 e. The first-order valence-electron chi connectivity index (χ1n) is 6.24. The van der Waals surface area contributed by atoms with Crippen LogP contribution in [0.3, 0.4) is 0 Å². The van der Waals surface area contributed by atoms with Gasteiger partial charge in [0.2, 0.25) is 0 Å². The van der Waals surface area contributed by atoms with Gasteiger partial charge in [0.1, 0.15) is 5.15 Å². The molecule has 2 heterocycles. The van der Waals surface area contributed by atoms with Crippen LogP contribution < -0.4 is 5.32 Å². The van der Waals surface area contributed by atoms with Gasteiger partial charge >= 0.3 is 0 Å². The smallest absolute Gasteiger partial charge is 0.129 e. The summed E-state index contributed by atoms with van der Waals surface area (Å²) in [5.74, 6) is 0.786. The first kappa shape index (κ1) is 12.8. The third-order valence-electron chi connectivity index (χ3n) is 3.21. The molecule has 0 aromatic carbocycles. The van der Waals surface area contributed by atoms with Gasteiger partial charge < -0.3 is 10.2 Å². The molecule has 1 fully saturated rings. The van der Waals surface area contributed by atoms with E-state index in [0.717, 1.165) is 25.6 Å². The van der Waals surface area contributed by atoms with Gasteiger partial charge in [-0.05, 0) is 50.5 Å². The van der Waals surface area contributed by atoms with Crippen LogP contribution in [0.25, 0.3) is 0 Å². The Bertz CT molecular complexity index is 333. The SMILES string of the molecule is CN(Cc1ccc(Cl)nc1)C[C@@H]1CCCNC1. The molecule has 0 aliphatic carbocycles. The van der Waals surface area contributed by atoms with Gasteiger partial charge in [-0.1, -0.05) is 17.7 Å². The molecule has 0 saturated carbocycles. The second-order valence-corrected chi connectivity index (χ2v) is 5.29. The molecule has 0 radical (unpaired) electrons. The maximum absolute atomic E-state index is 5.77. The Hall–Kier alpha value is -0.640. The van der Waals surface area contributed by atoms with E-state index in [0.29, 0.717) is 5.15 Å². The monoisotopic (exact) mass is 253 g/mol. The Morgan fingerprint density at radius 1 is 1.53 bits per heavy atom. The highest BCUT2D eigenvalue weighted by molar-refractivity contribution is 6.29. The number of aromatic nitrogens is 1. The van der Waals surface area contributed by atoms with Crippen LogP contribution in [0.2, 0.25) is 5.15 Å². The molecule has 0 spiro atoms. The number of nitrogens with one attached hydrogen (secondary N) is 1. The van der Waals surface area contributed by atoms with Gasteiger partial charge in [-0.25, -0.2) is 4.98 Å². The number of rotatable bonds is 4. The summed E-state index contributed by atoms with van der Waals surface area (Å²) < 4.78 is 0. The van der Waals surface area contributed by atoms with Crippen molar-refractivity contribution in [2.45, 2.75) is 19.4 Å². The first-order chi connectivity index (χ1) is 8.24. The molecular weight excluding hydrogens is 234 g/mol. The molecule has 1 N–H and O–H groups in total. The van der Waals surface area contributed by atoms with E-state index in [2.05, 4.69) is 22.2 Å². The van der Waals surface area contributed by atoms with E-state index in [-0.39, 0.29) is 0 Å². The number of piperidine rings is 1. The molecule has 1 saturated heterocycles. The van der Waals surface area contributed by atoms with Crippen LogP contribution in [-0.4, -0.2) is 36.6 Å². The number of hydrogen-bond acceptors (Lipinski definition) is 3. The zero-order valence-electron chi connectivity index (χ0n) is 10.3. The second-order valence-electron chi connectivity index (χ2n) is 4.90. The minimum absolute atomic E-state index is 0.563. The number of pyridine rings is 1. The molecule has 0 bridgehead atoms. The van der Waals surface area contributed by atoms with E-state index in [1.54, 1.807) is 0 Å². The van der Waals surface area contributed by atoms with Gasteiger partial charge in [-0.2, -0.15) is 0 Å². The third-order valence-corrected chi connectivity index (χ3v) is 3.43. The highest BCUT2D eigenvalue weighted by Gasteiger charge is 2.14. The van der Waals surface area contributed by atoms with Crippen LogP contribution >= 0.6 is 11.6 Å². The summed E-state index contributed by atoms with van der Waals surface area (Å²) >= 11 is 5.77. The standard InChI is InChI=1S/C13H20ClN3/c1-17(9-11-3-2-6-15-7-11)10-12-4-5-13(14)16-8-12/h4-5,8,11,15H,2-3,6-7,9-10H2,1H3/t11-/m1/s1. The maximum atomic E-state index is 5.77. The lowest BCUT2D eigenvalue weighted by Gasteiger charge is -2.27. The zero-order chi connectivity index (χ0) is 12.1. The van der Waals surface area contributed by atoms with Crippen molar-refractivity contribution < 1.29 is 0 Å². The summed E-state index contributed by atoms with van der Waals surface area (Å²) in [7, 11) is 2.17. The molecule has 1 aromatic rings. The molecule has 0 unspecified atom stereocenters. The molecule has 2 rings (SSSR count). The second kappa shape index (κ2) is 6.34. The van der Waals surface area contributed by atoms with Crippen molar-refractivity contribution in [1.29, 1.82) is 0 Å². The molecular formula is C13H20ClN3. The van der Waals surface area contributed by atoms with Crippen molar-refractivity contribution in [1.82, 2.24) is 15.2 Å². The van der Waals surface area contributed by atoms with E-state index in [4.69, 9.17) is 11.6 Å². The first-order valence-corrected chi connectivity index (χ1v) is 6.61. The normalized spacial score (nSPS) is 20.8. The summed E-state index contributed by atoms with van der Waals surface area (Å²) in [5, 5.41) is 4.02. The average molecular weight is 254 g/mol. The van der Waals surface area contributed by atoms with E-state index in [1.165, 1.54) is 24.9 Å². The van der Waals surface area contributed by atoms with Crippen LogP contribution in [-0.2, 0) is 6.54 Å². The predicted molar refractivity (Wildman–Crippen MR) is 71.2 cm³/mol. The number of nitrogens with zero attached hydrogens (tertiary/aromatic N) is 2. The fraction of sp³-hybridized carbons (Fsp3) is 0.615. The fourth-order valence-electron chi connectivity index (χ4n) is 2.40. The van der Waals surface area contributed by atoms with E-state index < -0.39 is 0 Å². The van der Waals surface area contributed by atoms with Crippen LogP contribution in [0.15, 0.2) is 18.3 Å². The average Bonchev–Trinajstić information content (AvgIpc) is 2.33. The van der Waals surface area contributed by atoms with Crippen molar-refractivity contribution in [3.63, 3.8) is 0 Å². The van der Waals surface area contributed by atoms with E-state index in [1.807, 2.05) is 18.3 Å². The molecule has 1 aliphatic heterocycles. The summed E-state index contributed by atoms with van der Waals surface area (Å²) in [6.07, 6.45) is 4.51. The minimum atomic E-state index is 0.563. The number of hydrogen-bond donors (Lipinski definition) is 1. The van der Waals surface area contributed by atoms with Crippen LogP contribution in [0.5, 0.6) is 0 Å². The number of halogens is 1. The summed E-state index contributed by atoms with van der Waals surface area (Å²) in [5.41, 5.74) is 1.22. The highest BCUT2D eigenvalue weighted by atomic mass is 35.5. The van der Waals surface area contributed by atoms with Crippen LogP contribution in [0.1, 0.15) is 18.4 Å². The Morgan fingerprint density at radius 2 is 2.41 bits per heavy atom. The van der Waals surface area contributed by atoms with Gasteiger partial charge in [-0.15, -0.1) is 0 Å². The molecule has 1 atom stereocenters. The van der Waals surface area contributed by atoms with Gasteiger partial charge in [0.15, 0.2) is 0 Å². The molecule has 4 heteroatoms. The largest absolute Gasteiger partial charge is 0.316 e. The lowest BCUT2D eigenvalue weighted by molar-refractivity contribution is 0.237. The predicted octanol–water partition coefficient (Wildman–Crippen LogP) is 2.17. The summed E-state index contributed by atoms with van der Waals surface area (Å²) in [6.45, 7) is 4.43. The Kier molecular flexibility index (Phi) is 4.77. The van der Waals surface area contributed by atoms with Gasteiger partial charge in [-0.3, -0.25) is 0 Å². The Morgan fingerprint density at radius 3 is 3.06 bits per heavy atom. The molecule has 3 nitrogen and oxygen atoms in total. The topological polar surface area (TPSA) is 28.2 Å². The van der Waals surface area contributed by atoms with E-state index >= 15 is 0 Å². The third kappa shape index (κ3) is 4.26. The minimum Gasteiger partial charge on any atom is -0.316 e. The van der Waals surface area contributed by atoms with Gasteiger partial charge in [0.25, 0.3) is 0 Å². The molecule has 1 aliphatic rings. The molecule has 94 valence electrons. The molecule has 0 amide bonds. The lowest BCUT2D eigenvalue weighted by atomic mass is 9.99.